The lowest BCUT2D eigenvalue weighted by molar-refractivity contribution is 0.349. The molecule has 1 atom stereocenters. The average molecular weight is 416 g/mol. The lowest BCUT2D eigenvalue weighted by atomic mass is 10.2. The van der Waals surface area contributed by atoms with Crippen LogP contribution in [0.5, 0.6) is 0 Å². The number of nitrogens with one attached hydrogen (secondary N) is 1. The zero-order valence-corrected chi connectivity index (χ0v) is 18.0. The fraction of sp³-hybridized carbons (Fsp3) is 0.611. The van der Waals surface area contributed by atoms with E-state index >= 15 is 0 Å². The van der Waals surface area contributed by atoms with Crippen LogP contribution in [0.25, 0.3) is 0 Å². The normalized spacial score (nSPS) is 20.9. The van der Waals surface area contributed by atoms with Crippen molar-refractivity contribution >= 4 is 25.6 Å². The van der Waals surface area contributed by atoms with E-state index in [0.29, 0.717) is 30.4 Å². The number of nitrogens with zero attached hydrogens (tertiary/aromatic N) is 2. The fourth-order valence-electron chi connectivity index (χ4n) is 3.05. The first-order valence-electron chi connectivity index (χ1n) is 9.01. The summed E-state index contributed by atoms with van der Waals surface area (Å²) in [6.07, 6.45) is 0.598. The van der Waals surface area contributed by atoms with Gasteiger partial charge in [-0.05, 0) is 32.4 Å². The first-order chi connectivity index (χ1) is 12.5. The van der Waals surface area contributed by atoms with Gasteiger partial charge in [-0.1, -0.05) is 25.1 Å². The molecule has 27 heavy (non-hydrogen) atoms. The second-order valence-corrected chi connectivity index (χ2v) is 12.2. The Balaban J connectivity index is 2.13. The molecule has 1 aliphatic heterocycles. The van der Waals surface area contributed by atoms with E-state index in [1.54, 1.807) is 51.2 Å². The summed E-state index contributed by atoms with van der Waals surface area (Å²) in [5, 5.41) is 3.22. The molecule has 0 amide bonds. The number of hydrogen-bond acceptors (Lipinski definition) is 5. The number of rotatable bonds is 5. The summed E-state index contributed by atoms with van der Waals surface area (Å²) in [6, 6.07) is 8.05. The Bertz CT molecular complexity index is 878. The summed E-state index contributed by atoms with van der Waals surface area (Å²) in [7, 11) is -4.96. The van der Waals surface area contributed by atoms with Crippen molar-refractivity contribution in [1.82, 2.24) is 10.2 Å². The van der Waals surface area contributed by atoms with Gasteiger partial charge in [-0.2, -0.15) is 0 Å². The molecule has 0 bridgehead atoms. The first-order valence-corrected chi connectivity index (χ1v) is 12.3. The Morgan fingerprint density at radius 2 is 1.93 bits per heavy atom. The maximum absolute atomic E-state index is 12.7. The molecule has 0 radical (unpaired) electrons. The highest BCUT2D eigenvalue weighted by molar-refractivity contribution is 7.92. The highest BCUT2D eigenvalue weighted by atomic mass is 32.2. The molecule has 2 rings (SSSR count). The molecule has 0 aromatic heterocycles. The molecular formula is C18H29N3O4S2. The number of sulfone groups is 2. The highest BCUT2D eigenvalue weighted by Gasteiger charge is 2.41. The molecule has 1 fully saturated rings. The second-order valence-electron chi connectivity index (χ2n) is 7.39. The van der Waals surface area contributed by atoms with Gasteiger partial charge in [0.1, 0.15) is 0 Å². The van der Waals surface area contributed by atoms with Crippen molar-refractivity contribution in [2.75, 3.05) is 31.6 Å². The lowest BCUT2D eigenvalue weighted by Crippen LogP contribution is -2.58. The largest absolute Gasteiger partial charge is 0.352 e. The van der Waals surface area contributed by atoms with Gasteiger partial charge in [-0.25, -0.2) is 16.8 Å². The number of guanidine groups is 1. The Kier molecular flexibility index (Phi) is 6.57. The van der Waals surface area contributed by atoms with Crippen molar-refractivity contribution in [1.29, 1.82) is 0 Å². The van der Waals surface area contributed by atoms with Gasteiger partial charge in [0.05, 0.1) is 21.1 Å². The van der Waals surface area contributed by atoms with Crippen LogP contribution in [-0.4, -0.2) is 70.1 Å². The van der Waals surface area contributed by atoms with Gasteiger partial charge >= 0.3 is 0 Å². The molecule has 1 unspecified atom stereocenters. The topological polar surface area (TPSA) is 95.9 Å². The predicted octanol–water partition coefficient (Wildman–Crippen LogP) is 1.32. The van der Waals surface area contributed by atoms with Crippen molar-refractivity contribution in [3.63, 3.8) is 0 Å². The van der Waals surface area contributed by atoms with Crippen LogP contribution in [0, 0.1) is 0 Å². The zero-order chi connectivity index (χ0) is 20.3. The van der Waals surface area contributed by atoms with Crippen LogP contribution in [-0.2, 0) is 19.7 Å². The maximum Gasteiger partial charge on any atom is 0.193 e. The Morgan fingerprint density at radius 3 is 2.44 bits per heavy atom. The molecule has 1 N–H and O–H groups in total. The maximum atomic E-state index is 12.7. The van der Waals surface area contributed by atoms with Crippen LogP contribution >= 0.6 is 0 Å². The minimum Gasteiger partial charge on any atom is -0.352 e. The summed E-state index contributed by atoms with van der Waals surface area (Å²) in [5.74, 6) is 0.537. The molecule has 0 aliphatic carbocycles. The molecular weight excluding hydrogens is 386 g/mol. The third-order valence-electron chi connectivity index (χ3n) is 4.90. The fourth-order valence-corrected chi connectivity index (χ4v) is 6.03. The second kappa shape index (κ2) is 8.18. The van der Waals surface area contributed by atoms with E-state index in [0.717, 1.165) is 0 Å². The van der Waals surface area contributed by atoms with Crippen molar-refractivity contribution in [3.8, 4) is 0 Å². The van der Waals surface area contributed by atoms with Crippen LogP contribution in [0.3, 0.4) is 0 Å². The predicted molar refractivity (Wildman–Crippen MR) is 109 cm³/mol. The van der Waals surface area contributed by atoms with Crippen LogP contribution in [0.4, 0.5) is 0 Å². The molecule has 0 saturated carbocycles. The average Bonchev–Trinajstić information content (AvgIpc) is 2.61. The molecule has 9 heteroatoms. The van der Waals surface area contributed by atoms with Gasteiger partial charge in [0, 0.05) is 26.2 Å². The molecule has 152 valence electrons. The van der Waals surface area contributed by atoms with E-state index in [9.17, 15) is 16.8 Å². The van der Waals surface area contributed by atoms with Crippen molar-refractivity contribution < 1.29 is 16.8 Å². The van der Waals surface area contributed by atoms with E-state index in [2.05, 4.69) is 10.3 Å². The molecule has 1 aromatic rings. The van der Waals surface area contributed by atoms with Crippen LogP contribution in [0.1, 0.15) is 27.2 Å². The molecule has 1 aromatic carbocycles. The molecule has 1 aliphatic rings. The van der Waals surface area contributed by atoms with E-state index < -0.39 is 24.4 Å². The summed E-state index contributed by atoms with van der Waals surface area (Å²) in [6.45, 7) is 5.98. The Hall–Kier alpha value is -1.61. The number of benzene rings is 1. The molecule has 7 nitrogen and oxygen atoms in total. The Morgan fingerprint density at radius 1 is 1.30 bits per heavy atom. The summed E-state index contributed by atoms with van der Waals surface area (Å²) in [4.78, 5) is 6.44. The monoisotopic (exact) mass is 415 g/mol. The Labute approximate surface area is 162 Å². The summed E-state index contributed by atoms with van der Waals surface area (Å²) >= 11 is 0. The lowest BCUT2D eigenvalue weighted by Gasteiger charge is -2.40. The number of hydrogen-bond donors (Lipinski definition) is 1. The van der Waals surface area contributed by atoms with Crippen molar-refractivity contribution in [2.45, 2.75) is 42.9 Å². The SMILES string of the molecule is CCC(CS(=O)(=O)c1ccccc1)NC(=NC)N1CCS(=O)(=O)C(C)(C)C1. The third kappa shape index (κ3) is 5.01. The van der Waals surface area contributed by atoms with E-state index in [1.807, 2.05) is 11.8 Å². The van der Waals surface area contributed by atoms with Crippen molar-refractivity contribution in [2.24, 2.45) is 4.99 Å². The standard InChI is InChI=1S/C18H29N3O4S2/c1-5-15(13-26(22,23)16-9-7-6-8-10-16)20-17(19-4)21-11-12-27(24,25)18(2,3)14-21/h6-10,15H,5,11-14H2,1-4H3,(H,19,20). The van der Waals surface area contributed by atoms with E-state index in [-0.39, 0.29) is 17.5 Å². The third-order valence-corrected chi connectivity index (χ3v) is 9.27. The molecule has 1 saturated heterocycles. The van der Waals surface area contributed by atoms with Gasteiger partial charge in [-0.15, -0.1) is 0 Å². The zero-order valence-electron chi connectivity index (χ0n) is 16.3. The van der Waals surface area contributed by atoms with Gasteiger partial charge in [-0.3, -0.25) is 4.99 Å². The van der Waals surface area contributed by atoms with Gasteiger partial charge < -0.3 is 10.2 Å². The van der Waals surface area contributed by atoms with Gasteiger partial charge in [0.2, 0.25) is 0 Å². The van der Waals surface area contributed by atoms with Crippen LogP contribution in [0.15, 0.2) is 40.2 Å². The summed E-state index contributed by atoms with van der Waals surface area (Å²) in [5.41, 5.74) is 0. The first kappa shape index (κ1) is 21.7. The minimum absolute atomic E-state index is 0.0535. The van der Waals surface area contributed by atoms with Gasteiger partial charge in [0.15, 0.2) is 25.6 Å². The summed E-state index contributed by atoms with van der Waals surface area (Å²) < 4.78 is 48.9. The van der Waals surface area contributed by atoms with Crippen LogP contribution in [0.2, 0.25) is 0 Å². The minimum atomic E-state index is -3.43. The molecule has 1 heterocycles. The van der Waals surface area contributed by atoms with Gasteiger partial charge in [0.25, 0.3) is 0 Å². The number of aliphatic imine (C=N–C) groups is 1. The quantitative estimate of drug-likeness (QED) is 0.576. The molecule has 0 spiro atoms. The van der Waals surface area contributed by atoms with E-state index in [4.69, 9.17) is 0 Å². The van der Waals surface area contributed by atoms with Crippen molar-refractivity contribution in [3.05, 3.63) is 30.3 Å². The smallest absolute Gasteiger partial charge is 0.193 e. The van der Waals surface area contributed by atoms with E-state index in [1.165, 1.54) is 0 Å². The highest BCUT2D eigenvalue weighted by Crippen LogP contribution is 2.24. The van der Waals surface area contributed by atoms with Crippen LogP contribution < -0.4 is 5.32 Å².